The topological polar surface area (TPSA) is 77.2 Å². The Morgan fingerprint density at radius 2 is 2.33 bits per heavy atom. The summed E-state index contributed by atoms with van der Waals surface area (Å²) >= 11 is 0. The van der Waals surface area contributed by atoms with Crippen LogP contribution in [0.2, 0.25) is 0 Å². The van der Waals surface area contributed by atoms with Crippen molar-refractivity contribution in [2.45, 2.75) is 19.3 Å². The predicted molar refractivity (Wildman–Crippen MR) is 69.4 cm³/mol. The van der Waals surface area contributed by atoms with Crippen LogP contribution in [0.15, 0.2) is 18.3 Å². The SMILES string of the molecule is COCC1(CNc2ccc(C(N)=O)cn2)CCC1. The lowest BCUT2D eigenvalue weighted by Crippen LogP contribution is -2.40. The van der Waals surface area contributed by atoms with Gasteiger partial charge in [0.15, 0.2) is 0 Å². The van der Waals surface area contributed by atoms with Gasteiger partial charge in [-0.1, -0.05) is 6.42 Å². The lowest BCUT2D eigenvalue weighted by Gasteiger charge is -2.41. The van der Waals surface area contributed by atoms with E-state index in [9.17, 15) is 4.79 Å². The fraction of sp³-hybridized carbons (Fsp3) is 0.538. The Labute approximate surface area is 107 Å². The van der Waals surface area contributed by atoms with E-state index >= 15 is 0 Å². The summed E-state index contributed by atoms with van der Waals surface area (Å²) in [5, 5.41) is 3.30. The number of pyridine rings is 1. The summed E-state index contributed by atoms with van der Waals surface area (Å²) in [4.78, 5) is 15.1. The molecule has 1 aromatic heterocycles. The van der Waals surface area contributed by atoms with Crippen molar-refractivity contribution in [3.8, 4) is 0 Å². The van der Waals surface area contributed by atoms with Gasteiger partial charge in [0.05, 0.1) is 12.2 Å². The third kappa shape index (κ3) is 2.79. The second-order valence-corrected chi connectivity index (χ2v) is 4.94. The molecule has 1 heterocycles. The van der Waals surface area contributed by atoms with Crippen LogP contribution in [0.1, 0.15) is 29.6 Å². The Kier molecular flexibility index (Phi) is 3.81. The van der Waals surface area contributed by atoms with Gasteiger partial charge in [-0.05, 0) is 25.0 Å². The van der Waals surface area contributed by atoms with Crippen LogP contribution in [-0.4, -0.2) is 31.2 Å². The standard InChI is InChI=1S/C13H19N3O2/c1-18-9-13(5-2-6-13)8-16-11-4-3-10(7-15-11)12(14)17/h3-4,7H,2,5-6,8-9H2,1H3,(H2,14,17)(H,15,16). The minimum atomic E-state index is -0.455. The van der Waals surface area contributed by atoms with Gasteiger partial charge in [-0.25, -0.2) is 4.98 Å². The van der Waals surface area contributed by atoms with Crippen molar-refractivity contribution >= 4 is 11.7 Å². The maximum atomic E-state index is 10.9. The highest BCUT2D eigenvalue weighted by Crippen LogP contribution is 2.40. The monoisotopic (exact) mass is 249 g/mol. The van der Waals surface area contributed by atoms with E-state index in [1.807, 2.05) is 0 Å². The second kappa shape index (κ2) is 5.35. The van der Waals surface area contributed by atoms with E-state index in [4.69, 9.17) is 10.5 Å². The lowest BCUT2D eigenvalue weighted by atomic mass is 9.69. The largest absolute Gasteiger partial charge is 0.384 e. The van der Waals surface area contributed by atoms with Gasteiger partial charge in [-0.3, -0.25) is 4.79 Å². The molecule has 1 aliphatic rings. The van der Waals surface area contributed by atoms with Crippen LogP contribution in [0, 0.1) is 5.41 Å². The van der Waals surface area contributed by atoms with E-state index in [1.165, 1.54) is 25.5 Å². The number of rotatable bonds is 6. The molecule has 5 nitrogen and oxygen atoms in total. The number of nitrogens with one attached hydrogen (secondary N) is 1. The molecule has 1 fully saturated rings. The number of methoxy groups -OCH3 is 1. The summed E-state index contributed by atoms with van der Waals surface area (Å²) in [7, 11) is 1.74. The number of aromatic nitrogens is 1. The first-order valence-electron chi connectivity index (χ1n) is 6.14. The van der Waals surface area contributed by atoms with Gasteiger partial charge in [0.2, 0.25) is 5.91 Å². The van der Waals surface area contributed by atoms with E-state index in [2.05, 4.69) is 10.3 Å². The number of carbonyl (C=O) groups excluding carboxylic acids is 1. The first-order valence-corrected chi connectivity index (χ1v) is 6.14. The van der Waals surface area contributed by atoms with Crippen LogP contribution < -0.4 is 11.1 Å². The quantitative estimate of drug-likeness (QED) is 0.799. The molecule has 1 aromatic rings. The molecule has 1 amide bonds. The number of hydrogen-bond donors (Lipinski definition) is 2. The van der Waals surface area contributed by atoms with E-state index in [-0.39, 0.29) is 5.41 Å². The zero-order valence-corrected chi connectivity index (χ0v) is 10.6. The van der Waals surface area contributed by atoms with Crippen LogP contribution in [0.5, 0.6) is 0 Å². The van der Waals surface area contributed by atoms with Gasteiger partial charge in [0.1, 0.15) is 5.82 Å². The highest BCUT2D eigenvalue weighted by Gasteiger charge is 2.36. The summed E-state index contributed by atoms with van der Waals surface area (Å²) in [6.45, 7) is 1.63. The van der Waals surface area contributed by atoms with Crippen molar-refractivity contribution in [3.63, 3.8) is 0 Å². The maximum absolute atomic E-state index is 10.9. The fourth-order valence-electron chi connectivity index (χ4n) is 2.28. The van der Waals surface area contributed by atoms with Crippen LogP contribution in [0.3, 0.4) is 0 Å². The third-order valence-corrected chi connectivity index (χ3v) is 3.56. The first kappa shape index (κ1) is 12.8. The molecule has 18 heavy (non-hydrogen) atoms. The van der Waals surface area contributed by atoms with Crippen molar-refractivity contribution in [1.82, 2.24) is 4.98 Å². The average molecular weight is 249 g/mol. The molecule has 0 aromatic carbocycles. The van der Waals surface area contributed by atoms with Crippen LogP contribution in [-0.2, 0) is 4.74 Å². The number of nitrogens with two attached hydrogens (primary N) is 1. The Morgan fingerprint density at radius 3 is 2.78 bits per heavy atom. The second-order valence-electron chi connectivity index (χ2n) is 4.94. The van der Waals surface area contributed by atoms with Crippen LogP contribution in [0.4, 0.5) is 5.82 Å². The minimum absolute atomic E-state index is 0.249. The van der Waals surface area contributed by atoms with Crippen molar-refractivity contribution in [1.29, 1.82) is 0 Å². The number of anilines is 1. The third-order valence-electron chi connectivity index (χ3n) is 3.56. The normalized spacial score (nSPS) is 16.9. The number of nitrogens with zero attached hydrogens (tertiary/aromatic N) is 1. The summed E-state index contributed by atoms with van der Waals surface area (Å²) in [6, 6.07) is 3.46. The van der Waals surface area contributed by atoms with Gasteiger partial charge in [-0.2, -0.15) is 0 Å². The number of carbonyl (C=O) groups is 1. The Bertz CT molecular complexity index is 413. The summed E-state index contributed by atoms with van der Waals surface area (Å²) < 4.78 is 5.27. The molecule has 0 radical (unpaired) electrons. The fourth-order valence-corrected chi connectivity index (χ4v) is 2.28. The van der Waals surface area contributed by atoms with Crippen LogP contribution >= 0.6 is 0 Å². The molecule has 2 rings (SSSR count). The maximum Gasteiger partial charge on any atom is 0.250 e. The number of hydrogen-bond acceptors (Lipinski definition) is 4. The molecule has 0 atom stereocenters. The van der Waals surface area contributed by atoms with Gasteiger partial charge >= 0.3 is 0 Å². The molecule has 0 saturated heterocycles. The van der Waals surface area contributed by atoms with E-state index < -0.39 is 5.91 Å². The summed E-state index contributed by atoms with van der Waals surface area (Å²) in [6.07, 6.45) is 5.13. The van der Waals surface area contributed by atoms with Crippen molar-refractivity contribution < 1.29 is 9.53 Å². The predicted octanol–water partition coefficient (Wildman–Crippen LogP) is 1.41. The molecule has 0 unspecified atom stereocenters. The first-order chi connectivity index (χ1) is 8.65. The summed E-state index contributed by atoms with van der Waals surface area (Å²) in [5.74, 6) is 0.311. The zero-order valence-electron chi connectivity index (χ0n) is 10.6. The van der Waals surface area contributed by atoms with Gasteiger partial charge in [-0.15, -0.1) is 0 Å². The van der Waals surface area contributed by atoms with Crippen LogP contribution in [0.25, 0.3) is 0 Å². The molecule has 98 valence electrons. The molecule has 3 N–H and O–H groups in total. The average Bonchev–Trinajstić information content (AvgIpc) is 2.33. The molecule has 0 aliphatic heterocycles. The van der Waals surface area contributed by atoms with Crippen molar-refractivity contribution in [2.24, 2.45) is 11.1 Å². The van der Waals surface area contributed by atoms with E-state index in [0.29, 0.717) is 5.56 Å². The van der Waals surface area contributed by atoms with E-state index in [1.54, 1.807) is 19.2 Å². The van der Waals surface area contributed by atoms with Crippen molar-refractivity contribution in [2.75, 3.05) is 25.6 Å². The molecule has 0 spiro atoms. The molecule has 1 saturated carbocycles. The highest BCUT2D eigenvalue weighted by molar-refractivity contribution is 5.92. The zero-order chi connectivity index (χ0) is 13.0. The van der Waals surface area contributed by atoms with Gasteiger partial charge < -0.3 is 15.8 Å². The Morgan fingerprint density at radius 1 is 1.56 bits per heavy atom. The molecule has 5 heteroatoms. The number of amides is 1. The highest BCUT2D eigenvalue weighted by atomic mass is 16.5. The number of ether oxygens (including phenoxy) is 1. The Balaban J connectivity index is 1.91. The van der Waals surface area contributed by atoms with Gasteiger partial charge in [0, 0.05) is 25.3 Å². The number of primary amides is 1. The minimum Gasteiger partial charge on any atom is -0.384 e. The molecule has 1 aliphatic carbocycles. The molecular formula is C13H19N3O2. The summed E-state index contributed by atoms with van der Waals surface area (Å²) in [5.41, 5.74) is 5.84. The Hall–Kier alpha value is -1.62. The molecular weight excluding hydrogens is 230 g/mol. The smallest absolute Gasteiger partial charge is 0.250 e. The van der Waals surface area contributed by atoms with Crippen molar-refractivity contribution in [3.05, 3.63) is 23.9 Å². The molecule has 0 bridgehead atoms. The lowest BCUT2D eigenvalue weighted by molar-refractivity contribution is 0.0282. The van der Waals surface area contributed by atoms with E-state index in [0.717, 1.165) is 19.0 Å². The van der Waals surface area contributed by atoms with Gasteiger partial charge in [0.25, 0.3) is 0 Å².